The van der Waals surface area contributed by atoms with Crippen LogP contribution in [0.1, 0.15) is 23.6 Å². The lowest BCUT2D eigenvalue weighted by Crippen LogP contribution is -2.24. The molecule has 0 saturated heterocycles. The van der Waals surface area contributed by atoms with Gasteiger partial charge in [-0.15, -0.1) is 0 Å². The smallest absolute Gasteiger partial charge is 0.326 e. The second kappa shape index (κ2) is 8.03. The SMILES string of the molecule is CC(=O)Nc1ccc(S(=O)(=O)NCc2cc(C(F)(F)F)cc(C(F)(F)F)c2)cc1. The highest BCUT2D eigenvalue weighted by Gasteiger charge is 2.36. The molecule has 0 heterocycles. The van der Waals surface area contributed by atoms with E-state index >= 15 is 0 Å². The van der Waals surface area contributed by atoms with Crippen molar-refractivity contribution in [3.63, 3.8) is 0 Å². The maximum atomic E-state index is 12.9. The Balaban J connectivity index is 2.26. The lowest BCUT2D eigenvalue weighted by Gasteiger charge is -2.15. The molecule has 158 valence electrons. The molecule has 0 unspecified atom stereocenters. The zero-order valence-electron chi connectivity index (χ0n) is 14.6. The van der Waals surface area contributed by atoms with E-state index in [1.165, 1.54) is 19.1 Å². The predicted molar refractivity (Wildman–Crippen MR) is 91.2 cm³/mol. The van der Waals surface area contributed by atoms with Crippen molar-refractivity contribution in [3.8, 4) is 0 Å². The predicted octanol–water partition coefficient (Wildman–Crippen LogP) is 4.16. The van der Waals surface area contributed by atoms with Crippen LogP contribution in [0.15, 0.2) is 47.4 Å². The quantitative estimate of drug-likeness (QED) is 0.686. The van der Waals surface area contributed by atoms with Crippen molar-refractivity contribution < 1.29 is 39.6 Å². The Morgan fingerprint density at radius 3 is 1.79 bits per heavy atom. The minimum absolute atomic E-state index is 0.0429. The van der Waals surface area contributed by atoms with Crippen LogP contribution in [0, 0.1) is 0 Å². The Hall–Kier alpha value is -2.60. The molecule has 0 spiro atoms. The number of halogens is 6. The highest BCUT2D eigenvalue weighted by molar-refractivity contribution is 7.89. The molecule has 0 bridgehead atoms. The summed E-state index contributed by atoms with van der Waals surface area (Å²) in [7, 11) is -4.23. The van der Waals surface area contributed by atoms with Crippen molar-refractivity contribution in [1.82, 2.24) is 4.72 Å². The van der Waals surface area contributed by atoms with E-state index in [1.807, 2.05) is 4.72 Å². The zero-order chi connectivity index (χ0) is 22.0. The van der Waals surface area contributed by atoms with E-state index in [0.717, 1.165) is 12.1 Å². The summed E-state index contributed by atoms with van der Waals surface area (Å²) in [5.74, 6) is -0.385. The summed E-state index contributed by atoms with van der Waals surface area (Å²) in [6.45, 7) is 0.458. The van der Waals surface area contributed by atoms with Gasteiger partial charge in [0.1, 0.15) is 0 Å². The molecular formula is C17H14F6N2O3S. The van der Waals surface area contributed by atoms with Crippen molar-refractivity contribution >= 4 is 21.6 Å². The van der Waals surface area contributed by atoms with Gasteiger partial charge in [0, 0.05) is 19.2 Å². The van der Waals surface area contributed by atoms with Crippen LogP contribution in [0.4, 0.5) is 32.0 Å². The molecule has 0 aliphatic rings. The lowest BCUT2D eigenvalue weighted by atomic mass is 10.0. The number of sulfonamides is 1. The third kappa shape index (κ3) is 6.19. The molecule has 12 heteroatoms. The third-order valence-electron chi connectivity index (χ3n) is 3.60. The summed E-state index contributed by atoms with van der Waals surface area (Å²) < 4.78 is 104. The minimum atomic E-state index is -5.03. The topological polar surface area (TPSA) is 75.3 Å². The number of rotatable bonds is 5. The Morgan fingerprint density at radius 1 is 0.897 bits per heavy atom. The van der Waals surface area contributed by atoms with Crippen LogP contribution in [-0.4, -0.2) is 14.3 Å². The van der Waals surface area contributed by atoms with Gasteiger partial charge < -0.3 is 5.32 Å². The number of alkyl halides is 6. The zero-order valence-corrected chi connectivity index (χ0v) is 15.5. The summed E-state index contributed by atoms with van der Waals surface area (Å²) in [4.78, 5) is 10.7. The Labute approximate surface area is 161 Å². The normalized spacial score (nSPS) is 12.7. The van der Waals surface area contributed by atoms with Crippen LogP contribution >= 0.6 is 0 Å². The van der Waals surface area contributed by atoms with Gasteiger partial charge in [-0.2, -0.15) is 26.3 Å². The summed E-state index contributed by atoms with van der Waals surface area (Å²) in [5, 5.41) is 2.41. The van der Waals surface area contributed by atoms with E-state index in [9.17, 15) is 39.6 Å². The molecule has 0 saturated carbocycles. The molecule has 0 aliphatic heterocycles. The maximum absolute atomic E-state index is 12.9. The Bertz CT molecular complexity index is 967. The molecule has 0 aromatic heterocycles. The van der Waals surface area contributed by atoms with E-state index in [-0.39, 0.29) is 16.9 Å². The van der Waals surface area contributed by atoms with Gasteiger partial charge in [0.15, 0.2) is 0 Å². The van der Waals surface area contributed by atoms with E-state index in [2.05, 4.69) is 5.32 Å². The number of hydrogen-bond acceptors (Lipinski definition) is 3. The molecule has 29 heavy (non-hydrogen) atoms. The summed E-state index contributed by atoms with van der Waals surface area (Å²) in [6, 6.07) is 5.65. The fourth-order valence-electron chi connectivity index (χ4n) is 2.30. The van der Waals surface area contributed by atoms with Crippen molar-refractivity contribution in [2.45, 2.75) is 30.7 Å². The van der Waals surface area contributed by atoms with E-state index in [4.69, 9.17) is 0 Å². The van der Waals surface area contributed by atoms with Gasteiger partial charge in [-0.3, -0.25) is 4.79 Å². The Kier molecular flexibility index (Phi) is 6.28. The van der Waals surface area contributed by atoms with E-state index in [1.54, 1.807) is 0 Å². The van der Waals surface area contributed by atoms with Crippen molar-refractivity contribution in [2.24, 2.45) is 0 Å². The van der Waals surface area contributed by atoms with Crippen LogP contribution in [0.5, 0.6) is 0 Å². The number of carbonyl (C=O) groups is 1. The van der Waals surface area contributed by atoms with Gasteiger partial charge >= 0.3 is 12.4 Å². The third-order valence-corrected chi connectivity index (χ3v) is 5.02. The molecule has 2 N–H and O–H groups in total. The molecule has 1 amide bonds. The van der Waals surface area contributed by atoms with Crippen molar-refractivity contribution in [3.05, 3.63) is 59.2 Å². The average molecular weight is 440 g/mol. The summed E-state index contributed by atoms with van der Waals surface area (Å²) in [6.07, 6.45) is -10.1. The molecular weight excluding hydrogens is 426 g/mol. The van der Waals surface area contributed by atoms with Gasteiger partial charge in [-0.1, -0.05) is 0 Å². The highest BCUT2D eigenvalue weighted by Crippen LogP contribution is 2.36. The minimum Gasteiger partial charge on any atom is -0.326 e. The lowest BCUT2D eigenvalue weighted by molar-refractivity contribution is -0.143. The number of nitrogens with one attached hydrogen (secondary N) is 2. The molecule has 5 nitrogen and oxygen atoms in total. The number of anilines is 1. The number of amides is 1. The van der Waals surface area contributed by atoms with Crippen LogP contribution in [0.3, 0.4) is 0 Å². The molecule has 2 rings (SSSR count). The maximum Gasteiger partial charge on any atom is 0.416 e. The largest absolute Gasteiger partial charge is 0.416 e. The van der Waals surface area contributed by atoms with Crippen LogP contribution in [0.25, 0.3) is 0 Å². The number of hydrogen-bond donors (Lipinski definition) is 2. The van der Waals surface area contributed by atoms with Gasteiger partial charge in [-0.25, -0.2) is 13.1 Å². The van der Waals surface area contributed by atoms with Crippen LogP contribution in [-0.2, 0) is 33.7 Å². The first-order chi connectivity index (χ1) is 13.2. The summed E-state index contributed by atoms with van der Waals surface area (Å²) >= 11 is 0. The first-order valence-corrected chi connectivity index (χ1v) is 9.32. The molecule has 2 aromatic rings. The highest BCUT2D eigenvalue weighted by atomic mass is 32.2. The first kappa shape index (κ1) is 22.7. The van der Waals surface area contributed by atoms with Crippen LogP contribution in [0.2, 0.25) is 0 Å². The van der Waals surface area contributed by atoms with Crippen molar-refractivity contribution in [2.75, 3.05) is 5.32 Å². The van der Waals surface area contributed by atoms with Gasteiger partial charge in [-0.05, 0) is 48.0 Å². The van der Waals surface area contributed by atoms with Crippen LogP contribution < -0.4 is 10.0 Å². The van der Waals surface area contributed by atoms with Crippen molar-refractivity contribution in [1.29, 1.82) is 0 Å². The first-order valence-electron chi connectivity index (χ1n) is 7.84. The van der Waals surface area contributed by atoms with E-state index < -0.39 is 45.6 Å². The average Bonchev–Trinajstić information content (AvgIpc) is 2.58. The summed E-state index contributed by atoms with van der Waals surface area (Å²) in [5.41, 5.74) is -3.28. The molecule has 2 aromatic carbocycles. The van der Waals surface area contributed by atoms with Gasteiger partial charge in [0.25, 0.3) is 0 Å². The van der Waals surface area contributed by atoms with E-state index in [0.29, 0.717) is 17.8 Å². The fourth-order valence-corrected chi connectivity index (χ4v) is 3.32. The fraction of sp³-hybridized carbons (Fsp3) is 0.235. The molecule has 0 fully saturated rings. The molecule has 0 atom stereocenters. The monoisotopic (exact) mass is 440 g/mol. The standard InChI is InChI=1S/C17H14F6N2O3S/c1-10(26)25-14-2-4-15(5-3-14)29(27,28)24-9-11-6-12(16(18,19)20)8-13(7-11)17(21,22)23/h2-8,24H,9H2,1H3,(H,25,26). The van der Waals surface area contributed by atoms with Gasteiger partial charge in [0.05, 0.1) is 16.0 Å². The molecule has 0 aliphatic carbocycles. The Morgan fingerprint density at radius 2 is 1.38 bits per heavy atom. The van der Waals surface area contributed by atoms with Gasteiger partial charge in [0.2, 0.25) is 15.9 Å². The molecule has 0 radical (unpaired) electrons. The number of carbonyl (C=O) groups excluding carboxylic acids is 1. The second-order valence-electron chi connectivity index (χ2n) is 5.94. The number of benzene rings is 2. The second-order valence-corrected chi connectivity index (χ2v) is 7.71.